The molecule has 11 aromatic carbocycles. The van der Waals surface area contributed by atoms with Crippen molar-refractivity contribution in [1.82, 2.24) is 4.57 Å². The van der Waals surface area contributed by atoms with Gasteiger partial charge >= 0.3 is 0 Å². The molecule has 4 aliphatic rings. The highest BCUT2D eigenvalue weighted by Gasteiger charge is 2.51. The Balaban J connectivity index is 0.000000124. The zero-order valence-corrected chi connectivity index (χ0v) is 44.0. The molecule has 12 aromatic rings. The summed E-state index contributed by atoms with van der Waals surface area (Å²) in [7, 11) is 0. The Bertz CT molecular complexity index is 4300. The molecule has 77 heavy (non-hydrogen) atoms. The van der Waals surface area contributed by atoms with E-state index in [1.54, 1.807) is 0 Å². The van der Waals surface area contributed by atoms with Crippen molar-refractivity contribution in [1.29, 1.82) is 0 Å². The zero-order chi connectivity index (χ0) is 51.6. The van der Waals surface area contributed by atoms with Gasteiger partial charge < -0.3 is 4.57 Å². The van der Waals surface area contributed by atoms with E-state index in [1.807, 2.05) is 0 Å². The maximum atomic E-state index is 2.51. The number of fused-ring (bicyclic) bond motifs is 17. The van der Waals surface area contributed by atoms with Crippen LogP contribution in [0.5, 0.6) is 0 Å². The Morgan fingerprint density at radius 3 is 1.62 bits per heavy atom. The molecule has 0 N–H and O–H groups in total. The number of allylic oxidation sites excluding steroid dienone is 2. The summed E-state index contributed by atoms with van der Waals surface area (Å²) in [4.78, 5) is 0. The first kappa shape index (κ1) is 46.5. The van der Waals surface area contributed by atoms with Crippen LogP contribution in [0.4, 0.5) is 0 Å². The number of nitrogens with zero attached hydrogens (tertiary/aromatic N) is 1. The average molecular weight is 986 g/mol. The van der Waals surface area contributed by atoms with Gasteiger partial charge in [0.2, 0.25) is 0 Å². The minimum Gasteiger partial charge on any atom is -0.308 e. The third-order valence-electron chi connectivity index (χ3n) is 16.9. The fourth-order valence-corrected chi connectivity index (χ4v) is 13.3. The highest BCUT2D eigenvalue weighted by molar-refractivity contribution is 6.19. The second kappa shape index (κ2) is 19.0. The van der Waals surface area contributed by atoms with Gasteiger partial charge in [-0.3, -0.25) is 0 Å². The fraction of sp³-hybridized carbons (Fsp3) is 0.105. The van der Waals surface area contributed by atoms with Gasteiger partial charge in [0.05, 0.1) is 22.1 Å². The second-order valence-corrected chi connectivity index (χ2v) is 21.5. The van der Waals surface area contributed by atoms with Gasteiger partial charge in [0.25, 0.3) is 0 Å². The molecule has 368 valence electrons. The lowest BCUT2D eigenvalue weighted by Crippen LogP contribution is -2.25. The second-order valence-electron chi connectivity index (χ2n) is 21.5. The molecule has 16 rings (SSSR count). The number of aryl methyl sites for hydroxylation is 5. The van der Waals surface area contributed by atoms with Crippen LogP contribution in [0, 0.1) is 20.8 Å². The summed E-state index contributed by atoms with van der Waals surface area (Å²) in [6.07, 6.45) is 13.8. The molecule has 0 fully saturated rings. The van der Waals surface area contributed by atoms with Crippen LogP contribution in [0.3, 0.4) is 0 Å². The molecular formula is C76H59N. The molecule has 0 amide bonds. The number of hydrogen-bond acceptors (Lipinski definition) is 0. The van der Waals surface area contributed by atoms with Crippen LogP contribution in [-0.2, 0) is 18.3 Å². The zero-order valence-electron chi connectivity index (χ0n) is 44.0. The van der Waals surface area contributed by atoms with Crippen LogP contribution in [0.1, 0.15) is 74.0 Å². The lowest BCUT2D eigenvalue weighted by molar-refractivity contribution is 0.792. The van der Waals surface area contributed by atoms with Crippen molar-refractivity contribution in [2.24, 2.45) is 0 Å². The lowest BCUT2D eigenvalue weighted by Gasteiger charge is -2.30. The highest BCUT2D eigenvalue weighted by atomic mass is 15.0. The molecule has 0 saturated carbocycles. The highest BCUT2D eigenvalue weighted by Crippen LogP contribution is 2.62. The number of hydrogen-bond donors (Lipinski definition) is 0. The first-order valence-electron chi connectivity index (χ1n) is 27.5. The van der Waals surface area contributed by atoms with Gasteiger partial charge in [-0.15, -0.1) is 0 Å². The summed E-state index contributed by atoms with van der Waals surface area (Å²) in [5, 5.41) is 5.14. The van der Waals surface area contributed by atoms with Gasteiger partial charge in [-0.2, -0.15) is 0 Å². The van der Waals surface area contributed by atoms with E-state index in [0.29, 0.717) is 0 Å². The van der Waals surface area contributed by atoms with Crippen LogP contribution in [0.15, 0.2) is 243 Å². The first-order chi connectivity index (χ1) is 37.9. The standard InChI is InChI=1S/C39H29N.C26H18.C11H12/c1-26-16-18-27(19-17-26)30-11-6-12-31(24-30)32-21-23-38-36(25-32)35-22-20-29-9-3-5-14-34(29)39(35)40(38)37-15-7-10-28-8-2-4-13-33(28)37;1-17-14-15-21-20-10-4-7-13-24(20)26(25(21)16-17)22-11-5-2-8-18(22)19-9-3-6-12-23(19)26;1-9-5-4-7-10-6-2-3-8-11(9)10/h3-7,9-25H,2,8H2,1H3;2-16H,1H3;3-5,7-8H,2,6H2,1H3. The molecule has 0 bridgehead atoms. The molecule has 1 spiro atoms. The van der Waals surface area contributed by atoms with Crippen molar-refractivity contribution >= 4 is 44.7 Å². The fourth-order valence-electron chi connectivity index (χ4n) is 13.3. The summed E-state index contributed by atoms with van der Waals surface area (Å²) in [5.74, 6) is 0. The molecule has 0 radical (unpaired) electrons. The average Bonchev–Trinajstić information content (AvgIpc) is 4.31. The van der Waals surface area contributed by atoms with Crippen LogP contribution in [-0.4, -0.2) is 4.57 Å². The summed E-state index contributed by atoms with van der Waals surface area (Å²) in [6.45, 7) is 6.51. The molecule has 0 unspecified atom stereocenters. The summed E-state index contributed by atoms with van der Waals surface area (Å²) < 4.78 is 2.51. The third-order valence-corrected chi connectivity index (χ3v) is 16.9. The predicted molar refractivity (Wildman–Crippen MR) is 327 cm³/mol. The van der Waals surface area contributed by atoms with E-state index in [1.165, 1.54) is 157 Å². The number of rotatable bonds is 3. The van der Waals surface area contributed by atoms with Gasteiger partial charge in [-0.1, -0.05) is 242 Å². The van der Waals surface area contributed by atoms with Gasteiger partial charge in [0.15, 0.2) is 0 Å². The summed E-state index contributed by atoms with van der Waals surface area (Å²) in [5.41, 5.74) is 29.4. The van der Waals surface area contributed by atoms with Crippen LogP contribution in [0.2, 0.25) is 0 Å². The van der Waals surface area contributed by atoms with Crippen molar-refractivity contribution in [3.63, 3.8) is 0 Å². The Hall–Kier alpha value is -9.04. The lowest BCUT2D eigenvalue weighted by atomic mass is 9.70. The van der Waals surface area contributed by atoms with E-state index in [-0.39, 0.29) is 5.41 Å². The molecule has 1 nitrogen and oxygen atoms in total. The van der Waals surface area contributed by atoms with E-state index >= 15 is 0 Å². The van der Waals surface area contributed by atoms with Crippen molar-refractivity contribution in [2.45, 2.75) is 51.9 Å². The summed E-state index contributed by atoms with van der Waals surface area (Å²) >= 11 is 0. The maximum absolute atomic E-state index is 2.51. The predicted octanol–water partition coefficient (Wildman–Crippen LogP) is 19.8. The monoisotopic (exact) mass is 985 g/mol. The number of aromatic nitrogens is 1. The van der Waals surface area contributed by atoms with Crippen LogP contribution >= 0.6 is 0 Å². The SMILES string of the molecule is Cc1ccc(-c2cccc(-c3ccc4c(c3)c3ccc5ccccc5c3n4-c3cccc4c3C=CCC4)c2)cc1.Cc1ccc2c(c1)C1(c3ccccc3-c3ccccc31)c1ccccc1-2.Cc1cccc2c1C=CCC2. The molecule has 4 aliphatic carbocycles. The molecule has 1 heterocycles. The first-order valence-corrected chi connectivity index (χ1v) is 27.5. The van der Waals surface area contributed by atoms with Gasteiger partial charge in [-0.25, -0.2) is 0 Å². The Labute approximate surface area is 452 Å². The van der Waals surface area contributed by atoms with E-state index < -0.39 is 0 Å². The van der Waals surface area contributed by atoms with Crippen LogP contribution < -0.4 is 0 Å². The third kappa shape index (κ3) is 7.67. The van der Waals surface area contributed by atoms with Crippen molar-refractivity contribution < 1.29 is 0 Å². The Morgan fingerprint density at radius 2 is 0.922 bits per heavy atom. The van der Waals surface area contributed by atoms with Crippen LogP contribution in [0.25, 0.3) is 94.9 Å². The maximum Gasteiger partial charge on any atom is 0.0725 e. The number of benzene rings is 11. The molecule has 0 saturated heterocycles. The normalized spacial score (nSPS) is 13.7. The molecule has 1 heteroatoms. The van der Waals surface area contributed by atoms with Crippen molar-refractivity contribution in [3.8, 4) is 50.2 Å². The van der Waals surface area contributed by atoms with E-state index in [9.17, 15) is 0 Å². The van der Waals surface area contributed by atoms with Crippen molar-refractivity contribution in [3.05, 3.63) is 304 Å². The largest absolute Gasteiger partial charge is 0.308 e. The van der Waals surface area contributed by atoms with Gasteiger partial charge in [0, 0.05) is 21.7 Å². The van der Waals surface area contributed by atoms with E-state index in [4.69, 9.17) is 0 Å². The Morgan fingerprint density at radius 1 is 0.364 bits per heavy atom. The van der Waals surface area contributed by atoms with E-state index in [0.717, 1.165) is 12.8 Å². The van der Waals surface area contributed by atoms with Gasteiger partial charge in [0.1, 0.15) is 0 Å². The minimum absolute atomic E-state index is 0.189. The topological polar surface area (TPSA) is 4.93 Å². The molecule has 0 atom stereocenters. The smallest absolute Gasteiger partial charge is 0.0725 e. The quantitative estimate of drug-likeness (QED) is 0.166. The molecular weight excluding hydrogens is 927 g/mol. The van der Waals surface area contributed by atoms with Gasteiger partial charge in [-0.05, 0) is 165 Å². The molecule has 1 aromatic heterocycles. The molecule has 0 aliphatic heterocycles. The Kier molecular flexibility index (Phi) is 11.4. The van der Waals surface area contributed by atoms with E-state index in [2.05, 4.69) is 280 Å². The van der Waals surface area contributed by atoms with Crippen molar-refractivity contribution in [2.75, 3.05) is 0 Å². The summed E-state index contributed by atoms with van der Waals surface area (Å²) in [6, 6.07) is 85.2. The minimum atomic E-state index is -0.189.